The van der Waals surface area contributed by atoms with Crippen molar-refractivity contribution in [2.24, 2.45) is 0 Å². The van der Waals surface area contributed by atoms with Gasteiger partial charge < -0.3 is 14.8 Å². The van der Waals surface area contributed by atoms with E-state index in [0.717, 1.165) is 22.3 Å². The van der Waals surface area contributed by atoms with Crippen LogP contribution >= 0.6 is 0 Å². The third-order valence-electron chi connectivity index (χ3n) is 2.98. The molecule has 1 aromatic heterocycles. The summed E-state index contributed by atoms with van der Waals surface area (Å²) in [6, 6.07) is 10.2. The molecule has 0 aliphatic rings. The number of nitrogens with one attached hydrogen (secondary N) is 1. The molecule has 1 N–H and O–H groups in total. The molecular weight excluding hydrogens is 252 g/mol. The minimum absolute atomic E-state index is 0.244. The maximum absolute atomic E-state index is 5.66. The molecule has 0 atom stereocenters. The molecule has 0 amide bonds. The molecule has 2 aromatic rings. The molecule has 4 heteroatoms. The Balaban J connectivity index is 2.01. The lowest BCUT2D eigenvalue weighted by atomic mass is 10.1. The van der Waals surface area contributed by atoms with Gasteiger partial charge in [-0.05, 0) is 26.0 Å². The number of aromatic nitrogens is 1. The molecular formula is C16H22N2O2. The van der Waals surface area contributed by atoms with E-state index in [1.807, 2.05) is 39.1 Å². The van der Waals surface area contributed by atoms with E-state index in [4.69, 9.17) is 9.47 Å². The van der Waals surface area contributed by atoms with Crippen LogP contribution in [0.5, 0.6) is 0 Å². The topological polar surface area (TPSA) is 43.4 Å². The largest absolute Gasteiger partial charge is 0.376 e. The molecule has 0 radical (unpaired) electrons. The number of pyridine rings is 1. The maximum atomic E-state index is 5.66. The van der Waals surface area contributed by atoms with Crippen LogP contribution in [0.1, 0.15) is 19.4 Å². The van der Waals surface area contributed by atoms with E-state index >= 15 is 0 Å². The van der Waals surface area contributed by atoms with E-state index in [-0.39, 0.29) is 6.10 Å². The van der Waals surface area contributed by atoms with Crippen LogP contribution in [0.25, 0.3) is 10.9 Å². The Labute approximate surface area is 120 Å². The highest BCUT2D eigenvalue weighted by atomic mass is 16.5. The second kappa shape index (κ2) is 7.22. The Morgan fingerprint density at radius 2 is 2.00 bits per heavy atom. The van der Waals surface area contributed by atoms with Crippen molar-refractivity contribution in [3.8, 4) is 0 Å². The van der Waals surface area contributed by atoms with Crippen LogP contribution in [-0.4, -0.2) is 31.3 Å². The molecule has 0 saturated heterocycles. The Bertz CT molecular complexity index is 555. The summed E-state index contributed by atoms with van der Waals surface area (Å²) in [6.07, 6.45) is 0.244. The summed E-state index contributed by atoms with van der Waals surface area (Å²) in [5, 5.41) is 4.25. The molecule has 0 unspecified atom stereocenters. The number of rotatable bonds is 7. The van der Waals surface area contributed by atoms with Crippen LogP contribution in [0.15, 0.2) is 30.3 Å². The number of ether oxygens (including phenoxy) is 2. The Hall–Kier alpha value is -1.65. The highest BCUT2D eigenvalue weighted by Gasteiger charge is 2.05. The number of hydrogen-bond donors (Lipinski definition) is 1. The van der Waals surface area contributed by atoms with Crippen molar-refractivity contribution < 1.29 is 9.47 Å². The molecule has 108 valence electrons. The Morgan fingerprint density at radius 1 is 1.20 bits per heavy atom. The Morgan fingerprint density at radius 3 is 2.75 bits per heavy atom. The van der Waals surface area contributed by atoms with Crippen molar-refractivity contribution in [2.45, 2.75) is 26.6 Å². The predicted octanol–water partition coefficient (Wildman–Crippen LogP) is 3.22. The van der Waals surface area contributed by atoms with Crippen LogP contribution in [0.3, 0.4) is 0 Å². The lowest BCUT2D eigenvalue weighted by Crippen LogP contribution is -2.10. The van der Waals surface area contributed by atoms with Crippen LogP contribution in [0.4, 0.5) is 5.82 Å². The number of fused-ring (bicyclic) bond motifs is 1. The first kappa shape index (κ1) is 14.8. The lowest BCUT2D eigenvalue weighted by molar-refractivity contribution is 0.0144. The second-order valence-corrected chi connectivity index (χ2v) is 4.91. The van der Waals surface area contributed by atoms with Gasteiger partial charge in [0.05, 0.1) is 31.4 Å². The number of nitrogens with zero attached hydrogens (tertiary/aromatic N) is 1. The molecule has 2 rings (SSSR count). The van der Waals surface area contributed by atoms with Crippen LogP contribution < -0.4 is 5.32 Å². The van der Waals surface area contributed by atoms with Gasteiger partial charge in [-0.3, -0.25) is 0 Å². The zero-order valence-electron chi connectivity index (χ0n) is 12.3. The van der Waals surface area contributed by atoms with E-state index in [9.17, 15) is 0 Å². The molecule has 0 spiro atoms. The van der Waals surface area contributed by atoms with Crippen LogP contribution in [0, 0.1) is 0 Å². The van der Waals surface area contributed by atoms with E-state index in [1.54, 1.807) is 0 Å². The zero-order valence-corrected chi connectivity index (χ0v) is 12.3. The van der Waals surface area contributed by atoms with Gasteiger partial charge in [0, 0.05) is 18.0 Å². The quantitative estimate of drug-likeness (QED) is 0.787. The van der Waals surface area contributed by atoms with Crippen molar-refractivity contribution in [2.75, 3.05) is 25.6 Å². The maximum Gasteiger partial charge on any atom is 0.131 e. The van der Waals surface area contributed by atoms with Gasteiger partial charge in [-0.2, -0.15) is 0 Å². The van der Waals surface area contributed by atoms with Crippen molar-refractivity contribution in [3.05, 3.63) is 35.9 Å². The minimum atomic E-state index is 0.244. The van der Waals surface area contributed by atoms with Crippen LogP contribution in [-0.2, 0) is 16.1 Å². The molecule has 0 bridgehead atoms. The fraction of sp³-hybridized carbons (Fsp3) is 0.438. The number of para-hydroxylation sites is 1. The first-order chi connectivity index (χ1) is 9.70. The number of anilines is 1. The van der Waals surface area contributed by atoms with Gasteiger partial charge >= 0.3 is 0 Å². The van der Waals surface area contributed by atoms with Gasteiger partial charge in [0.2, 0.25) is 0 Å². The summed E-state index contributed by atoms with van der Waals surface area (Å²) < 4.78 is 11.1. The van der Waals surface area contributed by atoms with Crippen molar-refractivity contribution in [1.29, 1.82) is 0 Å². The number of hydrogen-bond acceptors (Lipinski definition) is 4. The fourth-order valence-electron chi connectivity index (χ4n) is 2.01. The summed E-state index contributed by atoms with van der Waals surface area (Å²) in [5.74, 6) is 0.869. The summed E-state index contributed by atoms with van der Waals surface area (Å²) in [7, 11) is 1.88. The van der Waals surface area contributed by atoms with Gasteiger partial charge in [0.25, 0.3) is 0 Å². The monoisotopic (exact) mass is 274 g/mol. The van der Waals surface area contributed by atoms with E-state index in [2.05, 4.69) is 22.4 Å². The SMILES string of the molecule is CNc1nc2ccccc2cc1COCCOC(C)C. The molecule has 1 heterocycles. The van der Waals surface area contributed by atoms with Gasteiger partial charge in [0.15, 0.2) is 0 Å². The summed E-state index contributed by atoms with van der Waals surface area (Å²) in [4.78, 5) is 4.60. The zero-order chi connectivity index (χ0) is 14.4. The van der Waals surface area contributed by atoms with Gasteiger partial charge in [-0.15, -0.1) is 0 Å². The smallest absolute Gasteiger partial charge is 0.131 e. The van der Waals surface area contributed by atoms with Crippen molar-refractivity contribution in [1.82, 2.24) is 4.98 Å². The molecule has 0 fully saturated rings. The lowest BCUT2D eigenvalue weighted by Gasteiger charge is -2.11. The first-order valence-corrected chi connectivity index (χ1v) is 6.96. The normalized spacial score (nSPS) is 11.2. The first-order valence-electron chi connectivity index (χ1n) is 6.96. The molecule has 1 aromatic carbocycles. The molecule has 20 heavy (non-hydrogen) atoms. The fourth-order valence-corrected chi connectivity index (χ4v) is 2.01. The predicted molar refractivity (Wildman–Crippen MR) is 82.0 cm³/mol. The molecule has 0 saturated carbocycles. The van der Waals surface area contributed by atoms with E-state index in [0.29, 0.717) is 19.8 Å². The van der Waals surface area contributed by atoms with Gasteiger partial charge in [0.1, 0.15) is 5.82 Å². The minimum Gasteiger partial charge on any atom is -0.376 e. The Kier molecular flexibility index (Phi) is 5.32. The van der Waals surface area contributed by atoms with Crippen molar-refractivity contribution >= 4 is 16.7 Å². The molecule has 0 aliphatic heterocycles. The van der Waals surface area contributed by atoms with E-state index < -0.39 is 0 Å². The summed E-state index contributed by atoms with van der Waals surface area (Å²) in [5.41, 5.74) is 2.06. The highest BCUT2D eigenvalue weighted by molar-refractivity contribution is 5.81. The summed E-state index contributed by atoms with van der Waals surface area (Å²) in [6.45, 7) is 5.79. The van der Waals surface area contributed by atoms with Crippen molar-refractivity contribution in [3.63, 3.8) is 0 Å². The average molecular weight is 274 g/mol. The third-order valence-corrected chi connectivity index (χ3v) is 2.98. The second-order valence-electron chi connectivity index (χ2n) is 4.91. The number of benzene rings is 1. The standard InChI is InChI=1S/C16H22N2O2/c1-12(2)20-9-8-19-11-14-10-13-6-4-5-7-15(13)18-16(14)17-3/h4-7,10,12H,8-9,11H2,1-3H3,(H,17,18). The molecule has 0 aliphatic carbocycles. The third kappa shape index (κ3) is 3.92. The highest BCUT2D eigenvalue weighted by Crippen LogP contribution is 2.20. The average Bonchev–Trinajstić information content (AvgIpc) is 2.45. The van der Waals surface area contributed by atoms with Crippen LogP contribution in [0.2, 0.25) is 0 Å². The van der Waals surface area contributed by atoms with E-state index in [1.165, 1.54) is 0 Å². The van der Waals surface area contributed by atoms with Gasteiger partial charge in [-0.25, -0.2) is 4.98 Å². The van der Waals surface area contributed by atoms with Gasteiger partial charge in [-0.1, -0.05) is 18.2 Å². The summed E-state index contributed by atoms with van der Waals surface area (Å²) >= 11 is 0. The molecule has 4 nitrogen and oxygen atoms in total.